The molecule has 0 atom stereocenters. The molecular formula is C11H9N5. The molecule has 3 aromatic rings. The quantitative estimate of drug-likeness (QED) is 0.599. The first-order chi connectivity index (χ1) is 7.86. The molecule has 2 heterocycles. The lowest BCUT2D eigenvalue weighted by Gasteiger charge is -2.03. The van der Waals surface area contributed by atoms with Crippen molar-refractivity contribution < 1.29 is 0 Å². The predicted octanol–water partition coefficient (Wildman–Crippen LogP) is 1.60. The number of nitrogens with one attached hydrogen (secondary N) is 1. The number of para-hydroxylation sites is 1. The van der Waals surface area contributed by atoms with Crippen molar-refractivity contribution in [1.29, 1.82) is 0 Å². The molecule has 0 saturated heterocycles. The van der Waals surface area contributed by atoms with Crippen molar-refractivity contribution in [2.45, 2.75) is 0 Å². The molecule has 5 heteroatoms. The number of hydrogen-bond donors (Lipinski definition) is 2. The molecule has 0 bridgehead atoms. The lowest BCUT2D eigenvalue weighted by atomic mass is 10.1. The van der Waals surface area contributed by atoms with Gasteiger partial charge in [0.1, 0.15) is 5.69 Å². The zero-order valence-electron chi connectivity index (χ0n) is 8.38. The van der Waals surface area contributed by atoms with E-state index in [1.807, 2.05) is 36.5 Å². The maximum Gasteiger partial charge on any atom is 0.164 e. The summed E-state index contributed by atoms with van der Waals surface area (Å²) in [6.45, 7) is 0. The molecular weight excluding hydrogens is 202 g/mol. The Kier molecular flexibility index (Phi) is 1.83. The van der Waals surface area contributed by atoms with Gasteiger partial charge in [-0.15, -0.1) is 10.2 Å². The minimum Gasteiger partial charge on any atom is -0.398 e. The van der Waals surface area contributed by atoms with E-state index in [2.05, 4.69) is 20.4 Å². The monoisotopic (exact) mass is 211 g/mol. The minimum atomic E-state index is 0.686. The first kappa shape index (κ1) is 8.84. The van der Waals surface area contributed by atoms with E-state index >= 15 is 0 Å². The molecule has 16 heavy (non-hydrogen) atoms. The molecule has 2 aromatic heterocycles. The van der Waals surface area contributed by atoms with E-state index in [0.717, 1.165) is 16.6 Å². The number of nitrogen functional groups attached to an aromatic ring is 1. The third-order valence-electron chi connectivity index (χ3n) is 2.49. The number of benzene rings is 1. The number of H-pyrrole nitrogens is 1. The van der Waals surface area contributed by atoms with Crippen LogP contribution in [0.25, 0.3) is 22.3 Å². The Morgan fingerprint density at radius 1 is 1.06 bits per heavy atom. The zero-order valence-corrected chi connectivity index (χ0v) is 8.38. The number of nitrogens with zero attached hydrogens (tertiary/aromatic N) is 3. The number of nitrogens with two attached hydrogens (primary N) is 1. The predicted molar refractivity (Wildman–Crippen MR) is 61.5 cm³/mol. The number of anilines is 1. The maximum absolute atomic E-state index is 5.91. The molecule has 0 radical (unpaired) electrons. The molecule has 1 aromatic carbocycles. The van der Waals surface area contributed by atoms with Gasteiger partial charge in [-0.25, -0.2) is 0 Å². The van der Waals surface area contributed by atoms with Crippen LogP contribution in [0.5, 0.6) is 0 Å². The topological polar surface area (TPSA) is 80.5 Å². The first-order valence-corrected chi connectivity index (χ1v) is 4.87. The van der Waals surface area contributed by atoms with Gasteiger partial charge >= 0.3 is 0 Å². The number of fused-ring (bicyclic) bond motifs is 1. The smallest absolute Gasteiger partial charge is 0.164 e. The Morgan fingerprint density at radius 2 is 1.94 bits per heavy atom. The fourth-order valence-corrected chi connectivity index (χ4v) is 1.71. The van der Waals surface area contributed by atoms with E-state index < -0.39 is 0 Å². The maximum atomic E-state index is 5.91. The van der Waals surface area contributed by atoms with Crippen LogP contribution in [-0.4, -0.2) is 20.4 Å². The number of rotatable bonds is 1. The fourth-order valence-electron chi connectivity index (χ4n) is 1.71. The Morgan fingerprint density at radius 3 is 2.81 bits per heavy atom. The van der Waals surface area contributed by atoms with Gasteiger partial charge in [-0.2, -0.15) is 0 Å². The summed E-state index contributed by atoms with van der Waals surface area (Å²) in [6.07, 6.45) is 1.81. The summed E-state index contributed by atoms with van der Waals surface area (Å²) >= 11 is 0. The van der Waals surface area contributed by atoms with Gasteiger partial charge in [-0.1, -0.05) is 18.2 Å². The standard InChI is InChI=1S/C11H9N5/c12-9-4-2-1-3-7(9)10-8-5-6-13-11(8)15-16-14-10/h1-6H,12H2,(H,13,14,15). The second kappa shape index (κ2) is 3.30. The highest BCUT2D eigenvalue weighted by atomic mass is 15.3. The average molecular weight is 211 g/mol. The molecule has 3 rings (SSSR count). The summed E-state index contributed by atoms with van der Waals surface area (Å²) in [5, 5.41) is 12.6. The highest BCUT2D eigenvalue weighted by Gasteiger charge is 2.09. The highest BCUT2D eigenvalue weighted by Crippen LogP contribution is 2.28. The summed E-state index contributed by atoms with van der Waals surface area (Å²) in [5.74, 6) is 0. The van der Waals surface area contributed by atoms with Crippen molar-refractivity contribution in [3.05, 3.63) is 36.5 Å². The molecule has 5 nitrogen and oxygen atoms in total. The molecule has 0 unspecified atom stereocenters. The summed E-state index contributed by atoms with van der Waals surface area (Å²) < 4.78 is 0. The minimum absolute atomic E-state index is 0.686. The molecule has 0 spiro atoms. The van der Waals surface area contributed by atoms with E-state index in [4.69, 9.17) is 5.73 Å². The Balaban J connectivity index is 2.34. The van der Waals surface area contributed by atoms with Crippen LogP contribution in [-0.2, 0) is 0 Å². The van der Waals surface area contributed by atoms with Crippen LogP contribution in [0.4, 0.5) is 5.69 Å². The lowest BCUT2D eigenvalue weighted by Crippen LogP contribution is -1.95. The molecule has 0 saturated carbocycles. The summed E-state index contributed by atoms with van der Waals surface area (Å²) in [5.41, 5.74) is 8.95. The van der Waals surface area contributed by atoms with Crippen molar-refractivity contribution >= 4 is 16.7 Å². The van der Waals surface area contributed by atoms with Crippen LogP contribution in [0, 0.1) is 0 Å². The van der Waals surface area contributed by atoms with Gasteiger partial charge in [0.15, 0.2) is 5.65 Å². The summed E-state index contributed by atoms with van der Waals surface area (Å²) in [4.78, 5) is 2.99. The molecule has 0 amide bonds. The number of aromatic nitrogens is 4. The van der Waals surface area contributed by atoms with Gasteiger partial charge < -0.3 is 10.7 Å². The van der Waals surface area contributed by atoms with Gasteiger partial charge in [0.25, 0.3) is 0 Å². The molecule has 0 aliphatic carbocycles. The van der Waals surface area contributed by atoms with E-state index in [1.54, 1.807) is 0 Å². The van der Waals surface area contributed by atoms with Crippen molar-refractivity contribution in [1.82, 2.24) is 20.4 Å². The van der Waals surface area contributed by atoms with E-state index in [-0.39, 0.29) is 0 Å². The van der Waals surface area contributed by atoms with Crippen LogP contribution in [0.2, 0.25) is 0 Å². The third-order valence-corrected chi connectivity index (χ3v) is 2.49. The van der Waals surface area contributed by atoms with Gasteiger partial charge in [0, 0.05) is 22.8 Å². The zero-order chi connectivity index (χ0) is 11.0. The van der Waals surface area contributed by atoms with Crippen LogP contribution in [0.1, 0.15) is 0 Å². The van der Waals surface area contributed by atoms with Crippen molar-refractivity contribution in [2.24, 2.45) is 0 Å². The Bertz CT molecular complexity index is 643. The Labute approximate surface area is 91.3 Å². The first-order valence-electron chi connectivity index (χ1n) is 4.87. The summed E-state index contributed by atoms with van der Waals surface area (Å²) in [7, 11) is 0. The summed E-state index contributed by atoms with van der Waals surface area (Å²) in [6, 6.07) is 9.49. The van der Waals surface area contributed by atoms with Crippen LogP contribution < -0.4 is 5.73 Å². The lowest BCUT2D eigenvalue weighted by molar-refractivity contribution is 0.894. The Hall–Kier alpha value is -2.43. The van der Waals surface area contributed by atoms with Crippen molar-refractivity contribution in [3.63, 3.8) is 0 Å². The number of aromatic amines is 1. The van der Waals surface area contributed by atoms with Gasteiger partial charge in [-0.05, 0) is 17.3 Å². The average Bonchev–Trinajstić information content (AvgIpc) is 2.77. The van der Waals surface area contributed by atoms with Crippen molar-refractivity contribution in [3.8, 4) is 11.3 Å². The van der Waals surface area contributed by atoms with Crippen LogP contribution >= 0.6 is 0 Å². The second-order valence-electron chi connectivity index (χ2n) is 3.47. The molecule has 0 aliphatic rings. The van der Waals surface area contributed by atoms with Gasteiger partial charge in [-0.3, -0.25) is 0 Å². The third kappa shape index (κ3) is 1.22. The molecule has 0 aliphatic heterocycles. The molecule has 3 N–H and O–H groups in total. The van der Waals surface area contributed by atoms with E-state index in [9.17, 15) is 0 Å². The van der Waals surface area contributed by atoms with Gasteiger partial charge in [0.2, 0.25) is 0 Å². The second-order valence-corrected chi connectivity index (χ2v) is 3.47. The molecule has 0 fully saturated rings. The van der Waals surface area contributed by atoms with Crippen LogP contribution in [0.3, 0.4) is 0 Å². The van der Waals surface area contributed by atoms with Crippen LogP contribution in [0.15, 0.2) is 36.5 Å². The van der Waals surface area contributed by atoms with Crippen molar-refractivity contribution in [2.75, 3.05) is 5.73 Å². The van der Waals surface area contributed by atoms with E-state index in [1.165, 1.54) is 0 Å². The van der Waals surface area contributed by atoms with Gasteiger partial charge in [0.05, 0.1) is 0 Å². The SMILES string of the molecule is Nc1ccccc1-c1nnnc2[nH]ccc12. The largest absolute Gasteiger partial charge is 0.398 e. The highest BCUT2D eigenvalue weighted by molar-refractivity contribution is 5.93. The normalized spacial score (nSPS) is 10.8. The van der Waals surface area contributed by atoms with E-state index in [0.29, 0.717) is 11.3 Å². The molecule has 78 valence electrons. The fraction of sp³-hybridized carbons (Fsp3) is 0. The number of hydrogen-bond acceptors (Lipinski definition) is 4.